The normalized spacial score (nSPS) is 23.1. The zero-order chi connectivity index (χ0) is 15.8. The number of likely N-dealkylation sites (tertiary alicyclic amines) is 1. The predicted octanol–water partition coefficient (Wildman–Crippen LogP) is 2.71. The van der Waals surface area contributed by atoms with Crippen molar-refractivity contribution < 1.29 is 0 Å². The Kier molecular flexibility index (Phi) is 6.86. The van der Waals surface area contributed by atoms with Crippen LogP contribution in [-0.4, -0.2) is 39.3 Å². The minimum absolute atomic E-state index is 0. The van der Waals surface area contributed by atoms with Crippen molar-refractivity contribution in [3.63, 3.8) is 0 Å². The molecule has 0 bridgehead atoms. The first kappa shape index (κ1) is 20.2. The third-order valence-electron chi connectivity index (χ3n) is 5.35. The van der Waals surface area contributed by atoms with Gasteiger partial charge in [0.05, 0.1) is 6.54 Å². The Morgan fingerprint density at radius 2 is 1.80 bits per heavy atom. The summed E-state index contributed by atoms with van der Waals surface area (Å²) in [5, 5.41) is 8.83. The van der Waals surface area contributed by atoms with Crippen LogP contribution in [0.25, 0.3) is 0 Å². The summed E-state index contributed by atoms with van der Waals surface area (Å²) in [5.41, 5.74) is 7.44. The number of aromatic nitrogens is 3. The summed E-state index contributed by atoms with van der Waals surface area (Å²) in [6.07, 6.45) is 2.53. The fourth-order valence-electron chi connectivity index (χ4n) is 3.82. The second-order valence-electron chi connectivity index (χ2n) is 7.01. The van der Waals surface area contributed by atoms with Gasteiger partial charge in [0.1, 0.15) is 11.6 Å². The van der Waals surface area contributed by atoms with Gasteiger partial charge in [-0.1, -0.05) is 30.3 Å². The third kappa shape index (κ3) is 4.17. The van der Waals surface area contributed by atoms with Crippen molar-refractivity contribution in [3.8, 4) is 0 Å². The molecule has 0 amide bonds. The van der Waals surface area contributed by atoms with Crippen LogP contribution in [0.4, 0.5) is 0 Å². The Bertz CT molecular complexity index is 671. The lowest BCUT2D eigenvalue weighted by Gasteiger charge is -2.16. The Balaban J connectivity index is 0.00000113. The van der Waals surface area contributed by atoms with E-state index in [0.29, 0.717) is 17.8 Å². The highest BCUT2D eigenvalue weighted by molar-refractivity contribution is 5.85. The molecule has 1 saturated heterocycles. The Labute approximate surface area is 161 Å². The number of hydrogen-bond acceptors (Lipinski definition) is 4. The number of halogens is 2. The quantitative estimate of drug-likeness (QED) is 0.861. The molecule has 1 saturated carbocycles. The van der Waals surface area contributed by atoms with Crippen LogP contribution in [0.5, 0.6) is 0 Å². The van der Waals surface area contributed by atoms with Crippen molar-refractivity contribution in [2.45, 2.75) is 31.2 Å². The molecule has 2 N–H and O–H groups in total. The first-order valence-electron chi connectivity index (χ1n) is 8.61. The van der Waals surface area contributed by atoms with Crippen LogP contribution in [0.2, 0.25) is 0 Å². The van der Waals surface area contributed by atoms with E-state index in [0.717, 1.165) is 37.8 Å². The van der Waals surface area contributed by atoms with Crippen molar-refractivity contribution in [2.75, 3.05) is 19.6 Å². The molecule has 0 spiro atoms. The molecule has 2 fully saturated rings. The summed E-state index contributed by atoms with van der Waals surface area (Å²) < 4.78 is 2.20. The molecule has 7 heteroatoms. The number of nitrogens with zero attached hydrogens (tertiary/aromatic N) is 4. The second-order valence-corrected chi connectivity index (χ2v) is 7.01. The van der Waals surface area contributed by atoms with Gasteiger partial charge in [-0.15, -0.1) is 35.0 Å². The molecule has 25 heavy (non-hydrogen) atoms. The standard InChI is InChI=1S/C18H25N5.2ClH/c1-22-17(20-21-18(22)14-7-8-14)12-23-10-15(9-19)16(11-23)13-5-3-2-4-6-13;;/h2-6,14-16H,7-12,19H2,1H3;2*1H/t15-,16+;;/m1../s1. The van der Waals surface area contributed by atoms with Gasteiger partial charge < -0.3 is 10.3 Å². The van der Waals surface area contributed by atoms with Crippen molar-refractivity contribution in [2.24, 2.45) is 18.7 Å². The molecule has 2 atom stereocenters. The predicted molar refractivity (Wildman–Crippen MR) is 104 cm³/mol. The molecule has 0 unspecified atom stereocenters. The molecule has 0 radical (unpaired) electrons. The molecule has 1 aromatic carbocycles. The fraction of sp³-hybridized carbons (Fsp3) is 0.556. The molecular formula is C18H27Cl2N5. The van der Waals surface area contributed by atoms with Crippen LogP contribution in [0.3, 0.4) is 0 Å². The first-order chi connectivity index (χ1) is 11.3. The topological polar surface area (TPSA) is 60.0 Å². The van der Waals surface area contributed by atoms with Crippen molar-refractivity contribution >= 4 is 24.8 Å². The summed E-state index contributed by atoms with van der Waals surface area (Å²) in [5.74, 6) is 3.94. The van der Waals surface area contributed by atoms with Gasteiger partial charge in [0, 0.05) is 32.0 Å². The summed E-state index contributed by atoms with van der Waals surface area (Å²) in [7, 11) is 2.11. The highest BCUT2D eigenvalue weighted by atomic mass is 35.5. The molecule has 5 nitrogen and oxygen atoms in total. The molecular weight excluding hydrogens is 357 g/mol. The SMILES string of the molecule is Cl.Cl.Cn1c(CN2C[C@@H](CN)[C@H](c3ccccc3)C2)nnc1C1CC1. The highest BCUT2D eigenvalue weighted by Crippen LogP contribution is 2.39. The molecule has 1 aliphatic heterocycles. The smallest absolute Gasteiger partial charge is 0.146 e. The minimum Gasteiger partial charge on any atom is -0.330 e. The summed E-state index contributed by atoms with van der Waals surface area (Å²) in [6, 6.07) is 10.8. The van der Waals surface area contributed by atoms with Crippen LogP contribution in [0, 0.1) is 5.92 Å². The van der Waals surface area contributed by atoms with Gasteiger partial charge in [0.15, 0.2) is 0 Å². The Morgan fingerprint density at radius 3 is 2.44 bits per heavy atom. The van der Waals surface area contributed by atoms with Gasteiger partial charge in [-0.3, -0.25) is 4.90 Å². The number of benzene rings is 1. The van der Waals surface area contributed by atoms with Crippen LogP contribution >= 0.6 is 24.8 Å². The molecule has 4 rings (SSSR count). The first-order valence-corrected chi connectivity index (χ1v) is 8.61. The van der Waals surface area contributed by atoms with Crippen LogP contribution in [0.1, 0.15) is 41.9 Å². The lowest BCUT2D eigenvalue weighted by molar-refractivity contribution is 0.304. The van der Waals surface area contributed by atoms with E-state index in [1.54, 1.807) is 0 Å². The van der Waals surface area contributed by atoms with Crippen LogP contribution < -0.4 is 5.73 Å². The van der Waals surface area contributed by atoms with Gasteiger partial charge in [-0.05, 0) is 30.9 Å². The Hall–Kier alpha value is -1.14. The maximum absolute atomic E-state index is 6.04. The van der Waals surface area contributed by atoms with Crippen LogP contribution in [0.15, 0.2) is 30.3 Å². The van der Waals surface area contributed by atoms with E-state index in [2.05, 4.69) is 57.0 Å². The van der Waals surface area contributed by atoms with Gasteiger partial charge >= 0.3 is 0 Å². The zero-order valence-corrected chi connectivity index (χ0v) is 16.2. The minimum atomic E-state index is 0. The van der Waals surface area contributed by atoms with Gasteiger partial charge in [-0.2, -0.15) is 0 Å². The largest absolute Gasteiger partial charge is 0.330 e. The van der Waals surface area contributed by atoms with E-state index in [9.17, 15) is 0 Å². The van der Waals surface area contributed by atoms with E-state index >= 15 is 0 Å². The average Bonchev–Trinajstić information content (AvgIpc) is 3.24. The molecule has 2 heterocycles. The number of rotatable bonds is 5. The summed E-state index contributed by atoms with van der Waals surface area (Å²) in [4.78, 5) is 2.48. The molecule has 1 aliphatic carbocycles. The molecule has 1 aromatic heterocycles. The molecule has 138 valence electrons. The van der Waals surface area contributed by atoms with Crippen molar-refractivity contribution in [1.82, 2.24) is 19.7 Å². The van der Waals surface area contributed by atoms with Gasteiger partial charge in [0.2, 0.25) is 0 Å². The number of nitrogens with two attached hydrogens (primary N) is 1. The van der Waals surface area contributed by atoms with Crippen molar-refractivity contribution in [3.05, 3.63) is 47.5 Å². The zero-order valence-electron chi connectivity index (χ0n) is 14.5. The Morgan fingerprint density at radius 1 is 1.08 bits per heavy atom. The maximum Gasteiger partial charge on any atom is 0.146 e. The van der Waals surface area contributed by atoms with E-state index < -0.39 is 0 Å². The van der Waals surface area contributed by atoms with E-state index in [1.165, 1.54) is 18.4 Å². The summed E-state index contributed by atoms with van der Waals surface area (Å²) >= 11 is 0. The van der Waals surface area contributed by atoms with Crippen LogP contribution in [-0.2, 0) is 13.6 Å². The van der Waals surface area contributed by atoms with Gasteiger partial charge in [-0.25, -0.2) is 0 Å². The fourth-order valence-corrected chi connectivity index (χ4v) is 3.82. The monoisotopic (exact) mass is 383 g/mol. The number of hydrogen-bond donors (Lipinski definition) is 1. The maximum atomic E-state index is 6.04. The average molecular weight is 384 g/mol. The highest BCUT2D eigenvalue weighted by Gasteiger charge is 2.34. The van der Waals surface area contributed by atoms with E-state index in [-0.39, 0.29) is 24.8 Å². The third-order valence-corrected chi connectivity index (χ3v) is 5.35. The lowest BCUT2D eigenvalue weighted by atomic mass is 9.89. The molecule has 2 aliphatic rings. The van der Waals surface area contributed by atoms with E-state index in [4.69, 9.17) is 5.73 Å². The summed E-state index contributed by atoms with van der Waals surface area (Å²) in [6.45, 7) is 3.71. The second kappa shape index (κ2) is 8.49. The van der Waals surface area contributed by atoms with Crippen molar-refractivity contribution in [1.29, 1.82) is 0 Å². The lowest BCUT2D eigenvalue weighted by Crippen LogP contribution is -2.24. The molecule has 2 aromatic rings. The van der Waals surface area contributed by atoms with Gasteiger partial charge in [0.25, 0.3) is 0 Å². The van der Waals surface area contributed by atoms with E-state index in [1.807, 2.05) is 0 Å².